The van der Waals surface area contributed by atoms with Crippen LogP contribution in [0.4, 0.5) is 5.69 Å². The zero-order valence-corrected chi connectivity index (χ0v) is 16.7. The molecule has 4 nitrogen and oxygen atoms in total. The van der Waals surface area contributed by atoms with Crippen molar-refractivity contribution < 1.29 is 14.3 Å². The third-order valence-corrected chi connectivity index (χ3v) is 6.78. The monoisotopic (exact) mass is 397 g/mol. The molecule has 0 spiro atoms. The topological polar surface area (TPSA) is 46.6 Å². The molecule has 27 heavy (non-hydrogen) atoms. The third kappa shape index (κ3) is 3.19. The van der Waals surface area contributed by atoms with Gasteiger partial charge >= 0.3 is 5.97 Å². The maximum atomic E-state index is 13.0. The van der Waals surface area contributed by atoms with E-state index in [0.717, 1.165) is 26.6 Å². The SMILES string of the molecule is COC(=O)[C@H]1[C@@H](c2cccs2)CC(=O)N1c1ccc(C)cc1-c1cccs1. The van der Waals surface area contributed by atoms with Crippen LogP contribution in [-0.4, -0.2) is 25.0 Å². The van der Waals surface area contributed by atoms with Crippen LogP contribution in [0, 0.1) is 6.92 Å². The third-order valence-electron chi connectivity index (χ3n) is 4.87. The van der Waals surface area contributed by atoms with E-state index in [1.165, 1.54) is 7.11 Å². The summed E-state index contributed by atoms with van der Waals surface area (Å²) < 4.78 is 5.09. The van der Waals surface area contributed by atoms with Gasteiger partial charge in [-0.2, -0.15) is 0 Å². The normalized spacial score (nSPS) is 19.5. The van der Waals surface area contributed by atoms with E-state index in [2.05, 4.69) is 6.07 Å². The molecule has 3 heterocycles. The molecule has 1 aliphatic heterocycles. The average Bonchev–Trinajstić information content (AvgIpc) is 3.41. The first-order chi connectivity index (χ1) is 13.1. The van der Waals surface area contributed by atoms with Crippen LogP contribution in [0.15, 0.2) is 53.2 Å². The molecule has 0 radical (unpaired) electrons. The minimum absolute atomic E-state index is 0.0505. The molecule has 1 aliphatic rings. The molecule has 0 saturated carbocycles. The van der Waals surface area contributed by atoms with Gasteiger partial charge in [0.15, 0.2) is 0 Å². The first kappa shape index (κ1) is 17.9. The lowest BCUT2D eigenvalue weighted by molar-refractivity contribution is -0.142. The highest BCUT2D eigenvalue weighted by Gasteiger charge is 2.47. The Hall–Kier alpha value is -2.44. The van der Waals surface area contributed by atoms with Gasteiger partial charge in [-0.3, -0.25) is 9.69 Å². The predicted octanol–water partition coefficient (Wildman–Crippen LogP) is 4.85. The van der Waals surface area contributed by atoms with E-state index in [4.69, 9.17) is 4.74 Å². The lowest BCUT2D eigenvalue weighted by Gasteiger charge is -2.27. The van der Waals surface area contributed by atoms with Gasteiger partial charge in [0.1, 0.15) is 6.04 Å². The first-order valence-electron chi connectivity index (χ1n) is 8.68. The fourth-order valence-corrected chi connectivity index (χ4v) is 5.27. The molecule has 3 aromatic rings. The van der Waals surface area contributed by atoms with Gasteiger partial charge in [-0.1, -0.05) is 23.8 Å². The molecule has 1 amide bonds. The lowest BCUT2D eigenvalue weighted by Crippen LogP contribution is -2.41. The summed E-state index contributed by atoms with van der Waals surface area (Å²) in [6, 6.07) is 13.3. The van der Waals surface area contributed by atoms with Gasteiger partial charge in [-0.15, -0.1) is 22.7 Å². The standard InChI is InChI=1S/C21H19NO3S2/c1-13-7-8-16(14(11-13)17-5-3-9-26-17)22-19(23)12-15(18-6-4-10-27-18)20(22)21(24)25-2/h3-11,15,20H,12H2,1-2H3/t15-,20-/m1/s1. The smallest absolute Gasteiger partial charge is 0.329 e. The number of esters is 1. The second-order valence-electron chi connectivity index (χ2n) is 6.56. The number of benzene rings is 1. The summed E-state index contributed by atoms with van der Waals surface area (Å²) >= 11 is 3.19. The summed E-state index contributed by atoms with van der Waals surface area (Å²) in [5.41, 5.74) is 2.85. The highest BCUT2D eigenvalue weighted by atomic mass is 32.1. The Bertz CT molecular complexity index is 963. The van der Waals surface area contributed by atoms with Crippen LogP contribution >= 0.6 is 22.7 Å². The Morgan fingerprint density at radius 3 is 2.59 bits per heavy atom. The van der Waals surface area contributed by atoms with Crippen LogP contribution in [0.1, 0.15) is 22.8 Å². The van der Waals surface area contributed by atoms with Crippen LogP contribution in [0.25, 0.3) is 10.4 Å². The molecule has 0 bridgehead atoms. The van der Waals surface area contributed by atoms with E-state index in [1.54, 1.807) is 27.6 Å². The molecule has 138 valence electrons. The number of amides is 1. The van der Waals surface area contributed by atoms with Crippen molar-refractivity contribution in [1.29, 1.82) is 0 Å². The fourth-order valence-electron chi connectivity index (χ4n) is 3.66. The van der Waals surface area contributed by atoms with Gasteiger partial charge in [0, 0.05) is 27.7 Å². The summed E-state index contributed by atoms with van der Waals surface area (Å²) in [6.45, 7) is 2.03. The van der Waals surface area contributed by atoms with Crippen molar-refractivity contribution in [3.8, 4) is 10.4 Å². The highest BCUT2D eigenvalue weighted by Crippen LogP contribution is 2.44. The molecule has 1 aromatic carbocycles. The summed E-state index contributed by atoms with van der Waals surface area (Å²) in [7, 11) is 1.38. The van der Waals surface area contributed by atoms with Crippen LogP contribution in [-0.2, 0) is 14.3 Å². The summed E-state index contributed by atoms with van der Waals surface area (Å²) in [6.07, 6.45) is 0.304. The number of methoxy groups -OCH3 is 1. The molecule has 2 aromatic heterocycles. The Kier molecular flexibility index (Phi) is 4.85. The highest BCUT2D eigenvalue weighted by molar-refractivity contribution is 7.13. The second kappa shape index (κ2) is 7.29. The molecule has 6 heteroatoms. The molecule has 2 atom stereocenters. The van der Waals surface area contributed by atoms with Crippen molar-refractivity contribution >= 4 is 40.2 Å². The predicted molar refractivity (Wildman–Crippen MR) is 109 cm³/mol. The van der Waals surface area contributed by atoms with Crippen molar-refractivity contribution in [3.05, 3.63) is 63.7 Å². The van der Waals surface area contributed by atoms with E-state index in [1.807, 2.05) is 54.1 Å². The molecule has 0 unspecified atom stereocenters. The zero-order chi connectivity index (χ0) is 19.0. The Morgan fingerprint density at radius 1 is 1.15 bits per heavy atom. The van der Waals surface area contributed by atoms with Gasteiger partial charge in [0.05, 0.1) is 12.8 Å². The number of rotatable bonds is 4. The number of hydrogen-bond donors (Lipinski definition) is 0. The Balaban J connectivity index is 1.85. The van der Waals surface area contributed by atoms with Gasteiger partial charge in [-0.05, 0) is 41.9 Å². The molecule has 1 fully saturated rings. The average molecular weight is 398 g/mol. The summed E-state index contributed by atoms with van der Waals surface area (Å²) in [4.78, 5) is 29.5. The number of aryl methyl sites for hydroxylation is 1. The van der Waals surface area contributed by atoms with E-state index in [9.17, 15) is 9.59 Å². The van der Waals surface area contributed by atoms with Crippen LogP contribution in [0.2, 0.25) is 0 Å². The fraction of sp³-hybridized carbons (Fsp3) is 0.238. The molecule has 0 aliphatic carbocycles. The van der Waals surface area contributed by atoms with E-state index >= 15 is 0 Å². The van der Waals surface area contributed by atoms with Gasteiger partial charge in [-0.25, -0.2) is 4.79 Å². The van der Waals surface area contributed by atoms with Gasteiger partial charge < -0.3 is 4.74 Å². The molecular weight excluding hydrogens is 378 g/mol. The van der Waals surface area contributed by atoms with E-state index < -0.39 is 6.04 Å². The van der Waals surface area contributed by atoms with Crippen molar-refractivity contribution in [2.75, 3.05) is 12.0 Å². The molecule has 4 rings (SSSR count). The number of anilines is 1. The number of ether oxygens (including phenoxy) is 1. The number of carbonyl (C=O) groups excluding carboxylic acids is 2. The zero-order valence-electron chi connectivity index (χ0n) is 15.0. The first-order valence-corrected chi connectivity index (χ1v) is 10.4. The maximum absolute atomic E-state index is 13.0. The number of nitrogens with zero attached hydrogens (tertiary/aromatic N) is 1. The van der Waals surface area contributed by atoms with Crippen LogP contribution in [0.3, 0.4) is 0 Å². The van der Waals surface area contributed by atoms with Gasteiger partial charge in [0.25, 0.3) is 0 Å². The Morgan fingerprint density at radius 2 is 1.93 bits per heavy atom. The summed E-state index contributed by atoms with van der Waals surface area (Å²) in [5, 5.41) is 3.99. The largest absolute Gasteiger partial charge is 0.467 e. The lowest BCUT2D eigenvalue weighted by atomic mass is 9.97. The van der Waals surface area contributed by atoms with Gasteiger partial charge in [0.2, 0.25) is 5.91 Å². The second-order valence-corrected chi connectivity index (χ2v) is 8.48. The van der Waals surface area contributed by atoms with Crippen molar-refractivity contribution in [1.82, 2.24) is 0 Å². The Labute approximate surface area is 166 Å². The van der Waals surface area contributed by atoms with E-state index in [0.29, 0.717) is 6.42 Å². The minimum atomic E-state index is -0.650. The maximum Gasteiger partial charge on any atom is 0.329 e. The minimum Gasteiger partial charge on any atom is -0.467 e. The van der Waals surface area contributed by atoms with Crippen molar-refractivity contribution in [2.24, 2.45) is 0 Å². The number of hydrogen-bond acceptors (Lipinski definition) is 5. The quantitative estimate of drug-likeness (QED) is 0.592. The molecular formula is C21H19NO3S2. The van der Waals surface area contributed by atoms with E-state index in [-0.39, 0.29) is 17.8 Å². The van der Waals surface area contributed by atoms with Crippen LogP contribution < -0.4 is 4.90 Å². The number of carbonyl (C=O) groups is 2. The van der Waals surface area contributed by atoms with Crippen molar-refractivity contribution in [3.63, 3.8) is 0 Å². The number of thiophene rings is 2. The molecule has 1 saturated heterocycles. The van der Waals surface area contributed by atoms with Crippen molar-refractivity contribution in [2.45, 2.75) is 25.3 Å². The molecule has 0 N–H and O–H groups in total. The van der Waals surface area contributed by atoms with Crippen LogP contribution in [0.5, 0.6) is 0 Å². The summed E-state index contributed by atoms with van der Waals surface area (Å²) in [5.74, 6) is -0.621.